The first kappa shape index (κ1) is 18.3. The van der Waals surface area contributed by atoms with Crippen molar-refractivity contribution in [3.05, 3.63) is 42.1 Å². The average molecular weight is 367 g/mol. The van der Waals surface area contributed by atoms with Gasteiger partial charge in [-0.2, -0.15) is 13.2 Å². The van der Waals surface area contributed by atoms with E-state index in [0.29, 0.717) is 17.1 Å². The lowest BCUT2D eigenvalue weighted by Crippen LogP contribution is -2.28. The summed E-state index contributed by atoms with van der Waals surface area (Å²) >= 11 is 0. The van der Waals surface area contributed by atoms with Crippen LogP contribution in [0, 0.1) is 0 Å². The van der Waals surface area contributed by atoms with Crippen molar-refractivity contribution in [1.82, 2.24) is 4.98 Å². The number of nitrogen functional groups attached to an aromatic ring is 1. The molecule has 26 heavy (non-hydrogen) atoms. The lowest BCUT2D eigenvalue weighted by atomic mass is 9.93. The molecule has 1 saturated carbocycles. The van der Waals surface area contributed by atoms with E-state index in [2.05, 4.69) is 10.3 Å². The SMILES string of the molecule is Nc1ccc(Oc2ccc(C(F)(F)F)cn2)cc1NC1CCC(O)CC1. The minimum Gasteiger partial charge on any atom is -0.439 e. The highest BCUT2D eigenvalue weighted by molar-refractivity contribution is 5.68. The maximum Gasteiger partial charge on any atom is 0.417 e. The molecule has 140 valence electrons. The molecule has 0 unspecified atom stereocenters. The van der Waals surface area contributed by atoms with E-state index in [4.69, 9.17) is 10.5 Å². The van der Waals surface area contributed by atoms with Crippen LogP contribution >= 0.6 is 0 Å². The van der Waals surface area contributed by atoms with Crippen LogP contribution in [0.5, 0.6) is 11.6 Å². The molecule has 0 bridgehead atoms. The minimum atomic E-state index is -4.43. The smallest absolute Gasteiger partial charge is 0.417 e. The summed E-state index contributed by atoms with van der Waals surface area (Å²) in [5, 5.41) is 12.9. The van der Waals surface area contributed by atoms with Crippen molar-refractivity contribution >= 4 is 11.4 Å². The predicted octanol–water partition coefficient (Wildman–Crippen LogP) is 4.19. The van der Waals surface area contributed by atoms with Crippen LogP contribution in [-0.4, -0.2) is 22.2 Å². The number of aliphatic hydroxyl groups is 1. The summed E-state index contributed by atoms with van der Waals surface area (Å²) in [6, 6.07) is 7.30. The fourth-order valence-corrected chi connectivity index (χ4v) is 2.89. The summed E-state index contributed by atoms with van der Waals surface area (Å²) in [4.78, 5) is 3.69. The molecule has 5 nitrogen and oxygen atoms in total. The van der Waals surface area contributed by atoms with Crippen LogP contribution in [0.15, 0.2) is 36.5 Å². The molecule has 0 saturated heterocycles. The Balaban J connectivity index is 1.69. The molecule has 1 aromatic heterocycles. The van der Waals surface area contributed by atoms with Gasteiger partial charge in [0.05, 0.1) is 23.0 Å². The van der Waals surface area contributed by atoms with Crippen LogP contribution in [0.2, 0.25) is 0 Å². The average Bonchev–Trinajstić information content (AvgIpc) is 2.59. The van der Waals surface area contributed by atoms with Gasteiger partial charge in [-0.15, -0.1) is 0 Å². The zero-order valence-electron chi connectivity index (χ0n) is 14.0. The number of pyridine rings is 1. The number of halogens is 3. The molecular weight excluding hydrogens is 347 g/mol. The fourth-order valence-electron chi connectivity index (χ4n) is 2.89. The first-order valence-electron chi connectivity index (χ1n) is 8.36. The van der Waals surface area contributed by atoms with Gasteiger partial charge in [0.1, 0.15) is 5.75 Å². The molecule has 1 fully saturated rings. The number of alkyl halides is 3. The lowest BCUT2D eigenvalue weighted by molar-refractivity contribution is -0.137. The number of rotatable bonds is 4. The zero-order valence-corrected chi connectivity index (χ0v) is 14.0. The Bertz CT molecular complexity index is 742. The summed E-state index contributed by atoms with van der Waals surface area (Å²) in [7, 11) is 0. The van der Waals surface area contributed by atoms with Gasteiger partial charge < -0.3 is 20.9 Å². The third kappa shape index (κ3) is 4.57. The van der Waals surface area contributed by atoms with E-state index in [1.807, 2.05) is 0 Å². The summed E-state index contributed by atoms with van der Waals surface area (Å²) < 4.78 is 43.2. The Morgan fingerprint density at radius 3 is 2.46 bits per heavy atom. The molecule has 1 aromatic carbocycles. The van der Waals surface area contributed by atoms with Gasteiger partial charge in [0.15, 0.2) is 0 Å². The van der Waals surface area contributed by atoms with Gasteiger partial charge in [-0.3, -0.25) is 0 Å². The van der Waals surface area contributed by atoms with E-state index >= 15 is 0 Å². The number of benzene rings is 1. The quantitative estimate of drug-likeness (QED) is 0.706. The van der Waals surface area contributed by atoms with Crippen molar-refractivity contribution in [2.24, 2.45) is 0 Å². The molecule has 3 rings (SSSR count). The molecule has 1 aliphatic carbocycles. The highest BCUT2D eigenvalue weighted by Crippen LogP contribution is 2.32. The first-order valence-corrected chi connectivity index (χ1v) is 8.36. The molecule has 0 amide bonds. The summed E-state index contributed by atoms with van der Waals surface area (Å²) in [5.74, 6) is 0.485. The topological polar surface area (TPSA) is 80.4 Å². The summed E-state index contributed by atoms with van der Waals surface area (Å²) in [5.41, 5.74) is 6.39. The van der Waals surface area contributed by atoms with Crippen molar-refractivity contribution in [3.8, 4) is 11.6 Å². The maximum atomic E-state index is 12.6. The van der Waals surface area contributed by atoms with Crippen molar-refractivity contribution in [3.63, 3.8) is 0 Å². The van der Waals surface area contributed by atoms with Gasteiger partial charge in [0.25, 0.3) is 0 Å². The summed E-state index contributed by atoms with van der Waals surface area (Å²) in [6.45, 7) is 0. The largest absolute Gasteiger partial charge is 0.439 e. The number of nitrogens with zero attached hydrogens (tertiary/aromatic N) is 1. The number of hydrogen-bond acceptors (Lipinski definition) is 5. The molecule has 0 aliphatic heterocycles. The van der Waals surface area contributed by atoms with Gasteiger partial charge in [-0.05, 0) is 43.9 Å². The number of ether oxygens (including phenoxy) is 1. The number of aliphatic hydroxyl groups excluding tert-OH is 1. The van der Waals surface area contributed by atoms with Gasteiger partial charge in [0.2, 0.25) is 5.88 Å². The van der Waals surface area contributed by atoms with Gasteiger partial charge in [-0.1, -0.05) is 0 Å². The van der Waals surface area contributed by atoms with Gasteiger partial charge >= 0.3 is 6.18 Å². The van der Waals surface area contributed by atoms with E-state index < -0.39 is 11.7 Å². The molecule has 0 spiro atoms. The molecule has 1 heterocycles. The molecule has 2 aromatic rings. The van der Waals surface area contributed by atoms with Crippen LogP contribution in [0.1, 0.15) is 31.2 Å². The standard InChI is InChI=1S/C18H20F3N3O2/c19-18(20,21)11-1-8-17(23-10-11)26-14-6-7-15(22)16(9-14)24-12-2-4-13(25)5-3-12/h1,6-10,12-13,24-25H,2-5,22H2. The van der Waals surface area contributed by atoms with E-state index in [1.165, 1.54) is 6.07 Å². The predicted molar refractivity (Wildman–Crippen MR) is 92.1 cm³/mol. The third-order valence-electron chi connectivity index (χ3n) is 4.37. The number of anilines is 2. The molecule has 8 heteroatoms. The Morgan fingerprint density at radius 2 is 1.85 bits per heavy atom. The normalized spacial score (nSPS) is 20.6. The van der Waals surface area contributed by atoms with Gasteiger partial charge in [-0.25, -0.2) is 4.98 Å². The third-order valence-corrected chi connectivity index (χ3v) is 4.37. The number of hydrogen-bond donors (Lipinski definition) is 3. The van der Waals surface area contributed by atoms with Crippen LogP contribution < -0.4 is 15.8 Å². The molecule has 4 N–H and O–H groups in total. The number of nitrogens with two attached hydrogens (primary N) is 1. The van der Waals surface area contributed by atoms with Crippen molar-refractivity contribution in [2.75, 3.05) is 11.1 Å². The second-order valence-corrected chi connectivity index (χ2v) is 6.38. The minimum absolute atomic E-state index is 0.0644. The van der Waals surface area contributed by atoms with Crippen LogP contribution in [-0.2, 0) is 6.18 Å². The van der Waals surface area contributed by atoms with Crippen LogP contribution in [0.3, 0.4) is 0 Å². The Labute approximate surface area is 149 Å². The molecular formula is C18H20F3N3O2. The van der Waals surface area contributed by atoms with Crippen LogP contribution in [0.25, 0.3) is 0 Å². The van der Waals surface area contributed by atoms with E-state index in [9.17, 15) is 18.3 Å². The first-order chi connectivity index (χ1) is 12.3. The van der Waals surface area contributed by atoms with Crippen molar-refractivity contribution in [2.45, 2.75) is 44.0 Å². The Hall–Kier alpha value is -2.48. The van der Waals surface area contributed by atoms with E-state index in [1.54, 1.807) is 18.2 Å². The van der Waals surface area contributed by atoms with E-state index in [0.717, 1.165) is 37.9 Å². The van der Waals surface area contributed by atoms with Crippen molar-refractivity contribution < 1.29 is 23.0 Å². The van der Waals surface area contributed by atoms with Crippen molar-refractivity contribution in [1.29, 1.82) is 0 Å². The highest BCUT2D eigenvalue weighted by atomic mass is 19.4. The lowest BCUT2D eigenvalue weighted by Gasteiger charge is -2.27. The Kier molecular flexibility index (Phi) is 5.22. The summed E-state index contributed by atoms with van der Waals surface area (Å²) in [6.07, 6.45) is -0.785. The zero-order chi connectivity index (χ0) is 18.7. The molecule has 0 atom stereocenters. The molecule has 0 radical (unpaired) electrons. The highest BCUT2D eigenvalue weighted by Gasteiger charge is 2.30. The second kappa shape index (κ2) is 7.41. The monoisotopic (exact) mass is 367 g/mol. The second-order valence-electron chi connectivity index (χ2n) is 6.38. The number of nitrogens with one attached hydrogen (secondary N) is 1. The number of aromatic nitrogens is 1. The van der Waals surface area contributed by atoms with Gasteiger partial charge in [0, 0.05) is 24.4 Å². The van der Waals surface area contributed by atoms with Crippen LogP contribution in [0.4, 0.5) is 24.5 Å². The molecule has 1 aliphatic rings. The Morgan fingerprint density at radius 1 is 1.12 bits per heavy atom. The maximum absolute atomic E-state index is 12.6. The van der Waals surface area contributed by atoms with E-state index in [-0.39, 0.29) is 18.0 Å². The fraction of sp³-hybridized carbons (Fsp3) is 0.389.